The first-order valence-corrected chi connectivity index (χ1v) is 38.0. The fraction of sp³-hybridized carbons (Fsp3) is 0.568. The molecule has 0 aliphatic carbocycles. The van der Waals surface area contributed by atoms with Crippen LogP contribution in [0, 0.1) is 11.8 Å². The van der Waals surface area contributed by atoms with Gasteiger partial charge in [-0.2, -0.15) is 0 Å². The van der Waals surface area contributed by atoms with Crippen LogP contribution in [0.15, 0.2) is 72.1 Å². The Balaban J connectivity index is 1.81. The molecule has 14 amide bonds. The second-order valence-electron chi connectivity index (χ2n) is 29.3. The number of phenols is 1. The lowest BCUT2D eigenvalue weighted by atomic mass is 10.0. The Morgan fingerprint density at radius 2 is 0.773 bits per heavy atom. The van der Waals surface area contributed by atoms with E-state index in [4.69, 9.17) is 17.2 Å². The van der Waals surface area contributed by atoms with Crippen molar-refractivity contribution in [3.8, 4) is 5.75 Å². The minimum absolute atomic E-state index is 0.0378. The molecule has 1 heterocycles. The zero-order chi connectivity index (χ0) is 89.8. The van der Waals surface area contributed by atoms with Gasteiger partial charge in [-0.15, -0.1) is 0 Å². The Bertz CT molecular complexity index is 3940. The number of imidazole rings is 1. The van der Waals surface area contributed by atoms with Gasteiger partial charge in [-0.25, -0.2) is 9.78 Å². The highest BCUT2D eigenvalue weighted by atomic mass is 16.4. The summed E-state index contributed by atoms with van der Waals surface area (Å²) in [6, 6.07) is -11.9. The van der Waals surface area contributed by atoms with E-state index in [1.165, 1.54) is 50.6 Å². The Hall–Kier alpha value is -12.0. The fourth-order valence-corrected chi connectivity index (χ4v) is 11.4. The number of aromatic hydroxyl groups is 1. The average Bonchev–Trinajstić information content (AvgIpc) is 1.34. The molecule has 45 heteroatoms. The fourth-order valence-electron chi connectivity index (χ4n) is 11.4. The molecule has 0 fully saturated rings. The summed E-state index contributed by atoms with van der Waals surface area (Å²) in [6.07, 6.45) is -6.66. The molecule has 3 aromatic rings. The van der Waals surface area contributed by atoms with Gasteiger partial charge in [0.1, 0.15) is 84.3 Å². The number of aliphatic carboxylic acids is 2. The maximum atomic E-state index is 14.3. The smallest absolute Gasteiger partial charge is 0.328 e. The van der Waals surface area contributed by atoms with E-state index in [2.05, 4.69) is 84.1 Å². The van der Waals surface area contributed by atoms with Gasteiger partial charge >= 0.3 is 11.9 Å². The van der Waals surface area contributed by atoms with Gasteiger partial charge in [-0.3, -0.25) is 76.9 Å². The van der Waals surface area contributed by atoms with E-state index in [0.717, 1.165) is 27.7 Å². The molecule has 0 saturated carbocycles. The predicted molar refractivity (Wildman–Crippen MR) is 420 cm³/mol. The van der Waals surface area contributed by atoms with Crippen LogP contribution >= 0.6 is 0 Å². The number of amides is 14. The lowest BCUT2D eigenvalue weighted by Crippen LogP contribution is -2.63. The number of aliphatic imine (C=N–C) groups is 1. The molecule has 0 radical (unpaired) electrons. The number of carboxylic acids is 2. The van der Waals surface area contributed by atoms with Crippen molar-refractivity contribution in [3.63, 3.8) is 0 Å². The monoisotopic (exact) mass is 1680 g/mol. The number of aliphatic hydroxyl groups is 6. The van der Waals surface area contributed by atoms with Crippen LogP contribution in [-0.2, 0) is 96.0 Å². The number of aliphatic hydroxyl groups excluding tert-OH is 6. The number of phenolic OH excluding ortho intramolecular Hbond substituents is 1. The second kappa shape index (κ2) is 49.9. The minimum atomic E-state index is -2.08. The number of aromatic nitrogens is 2. The molecule has 0 saturated heterocycles. The summed E-state index contributed by atoms with van der Waals surface area (Å²) in [7, 11) is 0. The summed E-state index contributed by atoms with van der Waals surface area (Å²) in [6.45, 7) is 10.8. The third-order valence-corrected chi connectivity index (χ3v) is 17.9. The molecule has 0 aliphatic rings. The van der Waals surface area contributed by atoms with Crippen LogP contribution in [0.3, 0.4) is 0 Å². The molecular weight excluding hydrogens is 1570 g/mol. The number of H-pyrrole nitrogens is 1. The van der Waals surface area contributed by atoms with Crippen molar-refractivity contribution in [2.75, 3.05) is 19.8 Å². The normalized spacial score (nSPS) is 16.0. The van der Waals surface area contributed by atoms with Gasteiger partial charge in [-0.05, 0) is 109 Å². The van der Waals surface area contributed by atoms with E-state index >= 15 is 0 Å². The maximum absolute atomic E-state index is 14.3. The van der Waals surface area contributed by atoms with Gasteiger partial charge in [0.2, 0.25) is 82.7 Å². The first-order chi connectivity index (χ1) is 55.8. The number of carboxylic acid groups (broad SMARTS) is 2. The number of aromatic amines is 1. The Morgan fingerprint density at radius 1 is 0.412 bits per heavy atom. The highest BCUT2D eigenvalue weighted by Gasteiger charge is 2.40. The van der Waals surface area contributed by atoms with E-state index in [1.54, 1.807) is 58.0 Å². The summed E-state index contributed by atoms with van der Waals surface area (Å²) in [5.74, 6) is -20.5. The summed E-state index contributed by atoms with van der Waals surface area (Å²) in [5.41, 5.74) is 18.4. The molecular formula is C74H114N20O25. The van der Waals surface area contributed by atoms with Gasteiger partial charge in [0.15, 0.2) is 12.0 Å². The molecule has 19 atom stereocenters. The van der Waals surface area contributed by atoms with Crippen LogP contribution < -0.4 is 91.6 Å². The van der Waals surface area contributed by atoms with E-state index in [9.17, 15) is 123 Å². The van der Waals surface area contributed by atoms with Crippen LogP contribution in [0.5, 0.6) is 5.75 Å². The average molecular weight is 1680 g/mol. The van der Waals surface area contributed by atoms with Crippen molar-refractivity contribution in [1.29, 1.82) is 0 Å². The lowest BCUT2D eigenvalue weighted by Gasteiger charge is -2.29. The Kier molecular flexibility index (Phi) is 42.4. The number of benzene rings is 2. The van der Waals surface area contributed by atoms with Crippen LogP contribution in [0.2, 0.25) is 0 Å². The van der Waals surface area contributed by atoms with E-state index in [-0.39, 0.29) is 74.8 Å². The van der Waals surface area contributed by atoms with Crippen LogP contribution in [0.25, 0.3) is 0 Å². The highest BCUT2D eigenvalue weighted by Crippen LogP contribution is 2.15. The third kappa shape index (κ3) is 35.4. The van der Waals surface area contributed by atoms with E-state index < -0.39 is 235 Å². The number of hydrogen-bond donors (Lipinski definition) is 27. The minimum Gasteiger partial charge on any atom is -0.508 e. The summed E-state index contributed by atoms with van der Waals surface area (Å²) >= 11 is 0. The zero-order valence-corrected chi connectivity index (χ0v) is 67.4. The van der Waals surface area contributed by atoms with Crippen molar-refractivity contribution < 1.29 is 123 Å². The summed E-state index contributed by atoms with van der Waals surface area (Å²) in [4.78, 5) is 229. The number of rotatable bonds is 51. The first-order valence-electron chi connectivity index (χ1n) is 38.0. The molecule has 119 heavy (non-hydrogen) atoms. The molecule has 660 valence electrons. The topological polar surface area (TPSA) is 743 Å². The van der Waals surface area contributed by atoms with Gasteiger partial charge < -0.3 is 143 Å². The third-order valence-electron chi connectivity index (χ3n) is 17.9. The van der Waals surface area contributed by atoms with E-state index in [1.807, 2.05) is 5.32 Å². The van der Waals surface area contributed by atoms with Crippen molar-refractivity contribution in [3.05, 3.63) is 83.9 Å². The van der Waals surface area contributed by atoms with Crippen molar-refractivity contribution >= 4 is 101 Å². The zero-order valence-electron chi connectivity index (χ0n) is 67.4. The molecule has 0 unspecified atom stereocenters. The molecule has 1 aromatic heterocycles. The number of nitrogens with two attached hydrogens (primary N) is 3. The number of carbonyl (C=O) groups is 16. The Labute approximate surface area is 684 Å². The molecule has 0 spiro atoms. The molecule has 0 aliphatic heterocycles. The largest absolute Gasteiger partial charge is 0.508 e. The van der Waals surface area contributed by atoms with Crippen molar-refractivity contribution in [2.24, 2.45) is 34.0 Å². The molecule has 2 aromatic carbocycles. The molecule has 45 nitrogen and oxygen atoms in total. The SMILES string of the molecule is CC(C)C[C@H](NC(=O)[C@H](CC(=O)O)NC(=O)[C@H](CO)NC(=O)[C@H](CCCN=C(N)N)NC(=O)[C@H](C)NC(=O)[C@H](CO)NC(=O)[C@H](Cc1ccccc1)NC(=O)[C@@H](NC(=O)[C@@H](N)Cc1ccc(O)cc1)[C@@H](C)O)C(=O)N[C@@H](C)C(=O)N[C@@H](Cc1cnc[nH]1)C(=O)N[C@@H](CC(C)C)C(=O)N[C@H](C(=O)N[C@H](C(=O)N[C@H](C(=O)O)[C@@H](C)O)[C@@H](C)O)[C@@H](C)O. The van der Waals surface area contributed by atoms with E-state index in [0.29, 0.717) is 11.1 Å². The number of nitrogens with zero attached hydrogens (tertiary/aromatic N) is 2. The molecule has 3 rings (SSSR count). The second-order valence-corrected chi connectivity index (χ2v) is 29.3. The number of carbonyl (C=O) groups excluding carboxylic acids is 14. The van der Waals surface area contributed by atoms with Gasteiger partial charge in [-0.1, -0.05) is 70.2 Å². The first kappa shape index (κ1) is 101. The van der Waals surface area contributed by atoms with Crippen molar-refractivity contribution in [1.82, 2.24) is 84.4 Å². The van der Waals surface area contributed by atoms with Gasteiger partial charge in [0.05, 0.1) is 56.4 Å². The number of guanidine groups is 1. The number of nitrogens with one attached hydrogen (secondary N) is 15. The number of hydrogen-bond acceptors (Lipinski definition) is 26. The van der Waals surface area contributed by atoms with Crippen molar-refractivity contribution in [2.45, 2.75) is 236 Å². The lowest BCUT2D eigenvalue weighted by molar-refractivity contribution is -0.146. The standard InChI is InChI=1S/C74H114N20O25/c1-33(2)23-47(63(108)81-36(6)60(105)84-50(27-43-29-78-32-80-43)65(110)86-48(24-34(3)4)67(112)92-56(38(8)98)71(116)93-57(39(9)99)72(117)94-58(40(10)100)73(118)119)85-66(111)51(28-54(102)103)87-69(114)53(31-96)89-62(107)46(17-14-22-79-74(76)77)83-59(104)35(5)82-68(113)52(30-95)90-64(109)49(26-41-15-12-11-13-16-41)88-70(115)55(37(7)97)91-61(106)45(75)25-42-18-20-44(101)21-19-42/h11-13,15-16,18-21,29,32-40,45-53,55-58,95-101H,14,17,22-28,30-31,75H2,1-10H3,(H,78,80)(H,81,108)(H,82,113)(H,83,104)(H,84,105)(H,85,111)(H,86,110)(H,87,114)(H,88,115)(H,89,107)(H,90,109)(H,91,106)(H,92,112)(H,93,116)(H,94,117)(H,102,103)(H,118,119)(H4,76,77,79)/t35-,36-,37+,38+,39+,40+,45-,46-,47-,48-,49-,50-,51-,52-,53-,55-,56-,57-,58-/m0/s1. The summed E-state index contributed by atoms with van der Waals surface area (Å²) < 4.78 is 0. The van der Waals surface area contributed by atoms with Crippen LogP contribution in [-0.4, -0.2) is 291 Å². The molecule has 30 N–H and O–H groups in total. The van der Waals surface area contributed by atoms with Gasteiger partial charge in [0.25, 0.3) is 0 Å². The van der Waals surface area contributed by atoms with Gasteiger partial charge in [0, 0.05) is 31.3 Å². The predicted octanol–water partition coefficient (Wildman–Crippen LogP) is -9.49. The van der Waals surface area contributed by atoms with Crippen LogP contribution in [0.4, 0.5) is 0 Å². The maximum Gasteiger partial charge on any atom is 0.328 e. The van der Waals surface area contributed by atoms with Crippen LogP contribution in [0.1, 0.15) is 118 Å². The Morgan fingerprint density at radius 3 is 1.21 bits per heavy atom. The highest BCUT2D eigenvalue weighted by molar-refractivity contribution is 6.01. The quantitative estimate of drug-likeness (QED) is 0.0142. The summed E-state index contributed by atoms with van der Waals surface area (Å²) in [5, 5.41) is 124. The molecule has 0 bridgehead atoms.